The van der Waals surface area contributed by atoms with Crippen molar-refractivity contribution in [3.8, 4) is 0 Å². The molecule has 1 saturated heterocycles. The van der Waals surface area contributed by atoms with Gasteiger partial charge >= 0.3 is 0 Å². The van der Waals surface area contributed by atoms with Gasteiger partial charge in [0.25, 0.3) is 5.92 Å². The zero-order valence-electron chi connectivity index (χ0n) is 18.0. The topological polar surface area (TPSA) is 100 Å². The fourth-order valence-electron chi connectivity index (χ4n) is 4.22. The molecule has 1 unspecified atom stereocenters. The van der Waals surface area contributed by atoms with Crippen LogP contribution in [0.3, 0.4) is 0 Å². The molecule has 176 valence electrons. The third-order valence-electron chi connectivity index (χ3n) is 6.07. The van der Waals surface area contributed by atoms with Crippen molar-refractivity contribution in [1.82, 2.24) is 19.3 Å². The molecule has 2 atom stereocenters. The van der Waals surface area contributed by atoms with Gasteiger partial charge in [-0.05, 0) is 38.7 Å². The van der Waals surface area contributed by atoms with E-state index in [-0.39, 0.29) is 24.0 Å². The summed E-state index contributed by atoms with van der Waals surface area (Å²) in [6.45, 7) is 2.13. The van der Waals surface area contributed by atoms with Crippen LogP contribution in [0.5, 0.6) is 0 Å². The van der Waals surface area contributed by atoms with Gasteiger partial charge in [-0.3, -0.25) is 0 Å². The minimum atomic E-state index is -3.22. The van der Waals surface area contributed by atoms with Crippen LogP contribution in [-0.4, -0.2) is 65.0 Å². The first-order valence-corrected chi connectivity index (χ1v) is 12.6. The Kier molecular flexibility index (Phi) is 6.19. The monoisotopic (exact) mass is 472 g/mol. The molecule has 0 bridgehead atoms. The predicted octanol–water partition coefficient (Wildman–Crippen LogP) is 3.49. The number of piperidine rings is 1. The molecule has 32 heavy (non-hydrogen) atoms. The second kappa shape index (κ2) is 8.62. The molecule has 2 aromatic heterocycles. The Morgan fingerprint density at radius 3 is 2.50 bits per heavy atom. The van der Waals surface area contributed by atoms with Crippen molar-refractivity contribution in [2.24, 2.45) is 0 Å². The molecule has 12 heteroatoms. The number of pyridine rings is 1. The standard InChI is InChI=1S/C20H27F3N6O2S/c1-12(21)15-10-13-11-24-19(25-14-5-8-29(9-6-14)32(2,30)31)28-17(13)18(26-15)27-16-4-3-7-20(16,22)23/h10-12,14,16H,3-9H2,1-2H3,(H,26,27)(H,24,25,28)/t12?,16-/m1/s1. The maximum atomic E-state index is 14.2. The maximum Gasteiger partial charge on any atom is 0.267 e. The number of hydrogen-bond acceptors (Lipinski definition) is 7. The van der Waals surface area contributed by atoms with E-state index in [2.05, 4.69) is 25.6 Å². The van der Waals surface area contributed by atoms with Crippen LogP contribution in [0.2, 0.25) is 0 Å². The summed E-state index contributed by atoms with van der Waals surface area (Å²) in [5.41, 5.74) is 0.460. The van der Waals surface area contributed by atoms with Crippen molar-refractivity contribution in [3.63, 3.8) is 0 Å². The lowest BCUT2D eigenvalue weighted by Crippen LogP contribution is -2.42. The number of hydrogen-bond donors (Lipinski definition) is 2. The van der Waals surface area contributed by atoms with E-state index in [1.165, 1.54) is 29.7 Å². The Morgan fingerprint density at radius 2 is 1.91 bits per heavy atom. The van der Waals surface area contributed by atoms with Gasteiger partial charge < -0.3 is 10.6 Å². The summed E-state index contributed by atoms with van der Waals surface area (Å²) in [5, 5.41) is 6.50. The van der Waals surface area contributed by atoms with Gasteiger partial charge in [-0.15, -0.1) is 0 Å². The van der Waals surface area contributed by atoms with Crippen LogP contribution in [0.25, 0.3) is 10.9 Å². The molecule has 0 amide bonds. The molecule has 2 aliphatic rings. The molecule has 1 aliphatic carbocycles. The van der Waals surface area contributed by atoms with Gasteiger partial charge in [0.2, 0.25) is 16.0 Å². The fourth-order valence-corrected chi connectivity index (χ4v) is 5.09. The zero-order chi connectivity index (χ0) is 23.1. The molecule has 0 aromatic carbocycles. The van der Waals surface area contributed by atoms with Crippen molar-refractivity contribution in [2.75, 3.05) is 30.0 Å². The van der Waals surface area contributed by atoms with Crippen molar-refractivity contribution in [2.45, 2.75) is 63.2 Å². The van der Waals surface area contributed by atoms with E-state index in [0.29, 0.717) is 55.6 Å². The summed E-state index contributed by atoms with van der Waals surface area (Å²) in [5.74, 6) is -2.46. The number of anilines is 2. The number of aromatic nitrogens is 3. The molecule has 4 rings (SSSR count). The van der Waals surface area contributed by atoms with Crippen molar-refractivity contribution >= 4 is 32.7 Å². The molecule has 0 radical (unpaired) electrons. The Morgan fingerprint density at radius 1 is 1.19 bits per heavy atom. The Labute approximate surface area is 185 Å². The van der Waals surface area contributed by atoms with Gasteiger partial charge in [-0.2, -0.15) is 0 Å². The lowest BCUT2D eigenvalue weighted by molar-refractivity contribution is -0.000659. The summed E-state index contributed by atoms with van der Waals surface area (Å²) in [4.78, 5) is 13.0. The summed E-state index contributed by atoms with van der Waals surface area (Å²) < 4.78 is 67.2. The quantitative estimate of drug-likeness (QED) is 0.664. The highest BCUT2D eigenvalue weighted by Gasteiger charge is 2.44. The second-order valence-electron chi connectivity index (χ2n) is 8.57. The number of nitrogens with zero attached hydrogens (tertiary/aromatic N) is 4. The SMILES string of the molecule is CC(F)c1cc2cnc(NC3CCN(S(C)(=O)=O)CC3)nc2c(N[C@@H]2CCCC2(F)F)n1. The summed E-state index contributed by atoms with van der Waals surface area (Å²) >= 11 is 0. The average molecular weight is 473 g/mol. The van der Waals surface area contributed by atoms with Gasteiger partial charge in [0.1, 0.15) is 11.7 Å². The van der Waals surface area contributed by atoms with Crippen LogP contribution >= 0.6 is 0 Å². The molecule has 3 heterocycles. The third-order valence-corrected chi connectivity index (χ3v) is 7.38. The predicted molar refractivity (Wildman–Crippen MR) is 116 cm³/mol. The van der Waals surface area contributed by atoms with E-state index < -0.39 is 28.2 Å². The largest absolute Gasteiger partial charge is 0.359 e. The van der Waals surface area contributed by atoms with Crippen LogP contribution in [-0.2, 0) is 10.0 Å². The number of fused-ring (bicyclic) bond motifs is 1. The lowest BCUT2D eigenvalue weighted by Gasteiger charge is -2.30. The second-order valence-corrected chi connectivity index (χ2v) is 10.6. The summed E-state index contributed by atoms with van der Waals surface area (Å²) in [6.07, 6.45) is 3.00. The highest BCUT2D eigenvalue weighted by Crippen LogP contribution is 2.38. The molecule has 1 saturated carbocycles. The maximum absolute atomic E-state index is 14.2. The van der Waals surface area contributed by atoms with E-state index in [0.717, 1.165) is 0 Å². The van der Waals surface area contributed by atoms with Gasteiger partial charge in [-0.25, -0.2) is 40.8 Å². The first-order chi connectivity index (χ1) is 15.0. The van der Waals surface area contributed by atoms with E-state index in [4.69, 9.17) is 0 Å². The molecule has 0 spiro atoms. The summed E-state index contributed by atoms with van der Waals surface area (Å²) in [7, 11) is -3.22. The van der Waals surface area contributed by atoms with Gasteiger partial charge in [-0.1, -0.05) is 0 Å². The van der Waals surface area contributed by atoms with E-state index >= 15 is 0 Å². The first-order valence-electron chi connectivity index (χ1n) is 10.7. The van der Waals surface area contributed by atoms with Crippen LogP contribution in [0.4, 0.5) is 24.9 Å². The van der Waals surface area contributed by atoms with Crippen molar-refractivity contribution in [3.05, 3.63) is 18.0 Å². The van der Waals surface area contributed by atoms with E-state index in [1.807, 2.05) is 0 Å². The number of sulfonamides is 1. The number of rotatable bonds is 6. The van der Waals surface area contributed by atoms with Crippen molar-refractivity contribution in [1.29, 1.82) is 0 Å². The van der Waals surface area contributed by atoms with E-state index in [1.54, 1.807) is 0 Å². The Bertz CT molecular complexity index is 1090. The van der Waals surface area contributed by atoms with Gasteiger partial charge in [0.15, 0.2) is 5.82 Å². The molecule has 1 aliphatic heterocycles. The highest BCUT2D eigenvalue weighted by atomic mass is 32.2. The number of nitrogens with one attached hydrogen (secondary N) is 2. The van der Waals surface area contributed by atoms with Crippen LogP contribution in [0.15, 0.2) is 12.3 Å². The fraction of sp³-hybridized carbons (Fsp3) is 0.650. The van der Waals surface area contributed by atoms with Crippen LogP contribution < -0.4 is 10.6 Å². The molecule has 2 fully saturated rings. The van der Waals surface area contributed by atoms with Crippen molar-refractivity contribution < 1.29 is 21.6 Å². The highest BCUT2D eigenvalue weighted by molar-refractivity contribution is 7.88. The van der Waals surface area contributed by atoms with E-state index in [9.17, 15) is 21.6 Å². The molecular weight excluding hydrogens is 445 g/mol. The molecular formula is C20H27F3N6O2S. The Hall–Kier alpha value is -2.21. The average Bonchev–Trinajstić information content (AvgIpc) is 3.05. The smallest absolute Gasteiger partial charge is 0.267 e. The minimum absolute atomic E-state index is 0.0286. The molecule has 8 nitrogen and oxygen atoms in total. The molecule has 2 aromatic rings. The third kappa shape index (κ3) is 4.90. The number of alkyl halides is 3. The van der Waals surface area contributed by atoms with Gasteiger partial charge in [0, 0.05) is 37.1 Å². The van der Waals surface area contributed by atoms with Crippen LogP contribution in [0, 0.1) is 0 Å². The first kappa shape index (κ1) is 23.0. The van der Waals surface area contributed by atoms with Gasteiger partial charge in [0.05, 0.1) is 18.0 Å². The zero-order valence-corrected chi connectivity index (χ0v) is 18.8. The number of halogens is 3. The van der Waals surface area contributed by atoms with Crippen LogP contribution in [0.1, 0.15) is 50.9 Å². The Balaban J connectivity index is 1.59. The molecule has 2 N–H and O–H groups in total. The summed E-state index contributed by atoms with van der Waals surface area (Å²) in [6, 6.07) is 0.404. The normalized spacial score (nSPS) is 23.3. The minimum Gasteiger partial charge on any atom is -0.359 e. The lowest BCUT2D eigenvalue weighted by atomic mass is 10.1.